The zero-order chi connectivity index (χ0) is 19.1. The lowest BCUT2D eigenvalue weighted by molar-refractivity contribution is 0.0910. The predicted octanol–water partition coefficient (Wildman–Crippen LogP) is 3.55. The quantitative estimate of drug-likeness (QED) is 0.781. The molecule has 1 aliphatic rings. The number of carbonyl (C=O) groups excluding carboxylic acids is 1. The Bertz CT molecular complexity index is 754. The van der Waals surface area contributed by atoms with Crippen molar-refractivity contribution >= 4 is 6.03 Å². The highest BCUT2D eigenvalue weighted by Gasteiger charge is 2.29. The van der Waals surface area contributed by atoms with Gasteiger partial charge < -0.3 is 20.1 Å². The molecule has 2 atom stereocenters. The van der Waals surface area contributed by atoms with Crippen LogP contribution in [-0.4, -0.2) is 26.3 Å². The van der Waals surface area contributed by atoms with Gasteiger partial charge in [-0.2, -0.15) is 0 Å². The van der Waals surface area contributed by atoms with Crippen molar-refractivity contribution in [2.45, 2.75) is 25.7 Å². The highest BCUT2D eigenvalue weighted by molar-refractivity contribution is 5.73. The molecule has 6 heteroatoms. The molecule has 27 heavy (non-hydrogen) atoms. The number of hydrogen-bond donors (Lipinski definition) is 2. The Morgan fingerprint density at radius 3 is 2.81 bits per heavy atom. The van der Waals surface area contributed by atoms with Crippen LogP contribution in [0.2, 0.25) is 0 Å². The number of amides is 2. The van der Waals surface area contributed by atoms with Crippen LogP contribution in [0, 0.1) is 11.7 Å². The summed E-state index contributed by atoms with van der Waals surface area (Å²) >= 11 is 0. The van der Waals surface area contributed by atoms with Gasteiger partial charge in [-0.3, -0.25) is 0 Å². The molecule has 1 fully saturated rings. The normalized spacial score (nSPS) is 19.0. The molecule has 2 amide bonds. The van der Waals surface area contributed by atoms with Crippen LogP contribution in [0.4, 0.5) is 9.18 Å². The molecule has 0 spiro atoms. The topological polar surface area (TPSA) is 59.6 Å². The van der Waals surface area contributed by atoms with Crippen molar-refractivity contribution < 1.29 is 18.7 Å². The summed E-state index contributed by atoms with van der Waals surface area (Å²) < 4.78 is 24.5. The standard InChI is InChI=1S/C21H25FN2O3/c1-26-14-18-11-15(7-8-19(18)22)12-23-21(25)24-13-17-9-10-27-20(17)16-5-3-2-4-6-16/h2-8,11,17,20H,9-10,12-14H2,1H3,(H2,23,24,25)/t17-,20-/m0/s1. The molecule has 2 N–H and O–H groups in total. The maximum atomic E-state index is 13.6. The third-order valence-electron chi connectivity index (χ3n) is 4.73. The molecule has 1 heterocycles. The van der Waals surface area contributed by atoms with Crippen LogP contribution in [-0.2, 0) is 22.6 Å². The molecule has 2 aromatic carbocycles. The van der Waals surface area contributed by atoms with Crippen molar-refractivity contribution in [3.8, 4) is 0 Å². The van der Waals surface area contributed by atoms with Crippen LogP contribution in [0.15, 0.2) is 48.5 Å². The van der Waals surface area contributed by atoms with Gasteiger partial charge in [0.2, 0.25) is 0 Å². The molecule has 144 valence electrons. The van der Waals surface area contributed by atoms with Crippen molar-refractivity contribution in [1.82, 2.24) is 10.6 Å². The molecule has 3 rings (SSSR count). The van der Waals surface area contributed by atoms with Gasteiger partial charge in [-0.05, 0) is 29.7 Å². The smallest absolute Gasteiger partial charge is 0.315 e. The highest BCUT2D eigenvalue weighted by atomic mass is 19.1. The number of benzene rings is 2. The van der Waals surface area contributed by atoms with Crippen LogP contribution >= 0.6 is 0 Å². The van der Waals surface area contributed by atoms with Crippen molar-refractivity contribution in [1.29, 1.82) is 0 Å². The summed E-state index contributed by atoms with van der Waals surface area (Å²) in [7, 11) is 1.52. The lowest BCUT2D eigenvalue weighted by Crippen LogP contribution is -2.38. The monoisotopic (exact) mass is 372 g/mol. The summed E-state index contributed by atoms with van der Waals surface area (Å²) in [5.74, 6) is -0.0597. The number of ether oxygens (including phenoxy) is 2. The van der Waals surface area contributed by atoms with Crippen molar-refractivity contribution in [3.63, 3.8) is 0 Å². The Hall–Kier alpha value is -2.44. The van der Waals surface area contributed by atoms with Gasteiger partial charge in [0, 0.05) is 38.3 Å². The Labute approximate surface area is 158 Å². The van der Waals surface area contributed by atoms with E-state index in [1.807, 2.05) is 18.2 Å². The average Bonchev–Trinajstić information content (AvgIpc) is 3.16. The average molecular weight is 372 g/mol. The number of nitrogens with one attached hydrogen (secondary N) is 2. The van der Waals surface area contributed by atoms with Crippen LogP contribution in [0.3, 0.4) is 0 Å². The van der Waals surface area contributed by atoms with Crippen LogP contribution in [0.5, 0.6) is 0 Å². The molecule has 0 aliphatic carbocycles. The largest absolute Gasteiger partial charge is 0.380 e. The Kier molecular flexibility index (Phi) is 6.79. The molecular formula is C21H25FN2O3. The van der Waals surface area contributed by atoms with Gasteiger partial charge in [-0.15, -0.1) is 0 Å². The summed E-state index contributed by atoms with van der Waals surface area (Å²) in [6, 6.07) is 14.6. The molecule has 5 nitrogen and oxygen atoms in total. The minimum absolute atomic E-state index is 0.0141. The molecule has 0 bridgehead atoms. The number of halogens is 1. The summed E-state index contributed by atoms with van der Waals surface area (Å²) in [5.41, 5.74) is 2.44. The van der Waals surface area contributed by atoms with Crippen molar-refractivity contribution in [2.24, 2.45) is 5.92 Å². The van der Waals surface area contributed by atoms with Gasteiger partial charge in [0.1, 0.15) is 5.82 Å². The van der Waals surface area contributed by atoms with Crippen molar-refractivity contribution in [2.75, 3.05) is 20.3 Å². The molecule has 0 unspecified atom stereocenters. The minimum atomic E-state index is -0.307. The van der Waals surface area contributed by atoms with Gasteiger partial charge in [0.25, 0.3) is 0 Å². The molecule has 0 radical (unpaired) electrons. The summed E-state index contributed by atoms with van der Waals surface area (Å²) in [5, 5.41) is 5.73. The Morgan fingerprint density at radius 1 is 1.22 bits per heavy atom. The van der Waals surface area contributed by atoms with E-state index in [-0.39, 0.29) is 30.5 Å². The third kappa shape index (κ3) is 5.28. The first-order valence-electron chi connectivity index (χ1n) is 9.12. The number of carbonyl (C=O) groups is 1. The zero-order valence-electron chi connectivity index (χ0n) is 15.4. The van der Waals surface area contributed by atoms with Gasteiger partial charge in [-0.25, -0.2) is 9.18 Å². The van der Waals surface area contributed by atoms with Crippen molar-refractivity contribution in [3.05, 3.63) is 71.0 Å². The molecule has 1 saturated heterocycles. The number of methoxy groups -OCH3 is 1. The summed E-state index contributed by atoms with van der Waals surface area (Å²) in [6.07, 6.45) is 0.929. The number of rotatable bonds is 7. The Balaban J connectivity index is 1.48. The molecule has 2 aromatic rings. The second-order valence-electron chi connectivity index (χ2n) is 6.67. The zero-order valence-corrected chi connectivity index (χ0v) is 15.4. The van der Waals surface area contributed by atoms with E-state index in [4.69, 9.17) is 9.47 Å². The van der Waals surface area contributed by atoms with E-state index in [9.17, 15) is 9.18 Å². The van der Waals surface area contributed by atoms with Crippen LogP contribution in [0.25, 0.3) is 0 Å². The van der Waals surface area contributed by atoms with E-state index in [2.05, 4.69) is 22.8 Å². The lowest BCUT2D eigenvalue weighted by Gasteiger charge is -2.19. The van der Waals surface area contributed by atoms with Gasteiger partial charge in [0.05, 0.1) is 12.7 Å². The predicted molar refractivity (Wildman–Crippen MR) is 101 cm³/mol. The van der Waals surface area contributed by atoms with Gasteiger partial charge >= 0.3 is 6.03 Å². The van der Waals surface area contributed by atoms with Gasteiger partial charge in [-0.1, -0.05) is 36.4 Å². The molecule has 0 aromatic heterocycles. The fraction of sp³-hybridized carbons (Fsp3) is 0.381. The van der Waals surface area contributed by atoms with E-state index in [1.165, 1.54) is 13.2 Å². The number of urea groups is 1. The van der Waals surface area contributed by atoms with Gasteiger partial charge in [0.15, 0.2) is 0 Å². The first-order valence-corrected chi connectivity index (χ1v) is 9.12. The van der Waals surface area contributed by atoms with E-state index >= 15 is 0 Å². The third-order valence-corrected chi connectivity index (χ3v) is 4.73. The van der Waals surface area contributed by atoms with E-state index in [1.54, 1.807) is 12.1 Å². The van der Waals surface area contributed by atoms with E-state index in [0.717, 1.165) is 17.5 Å². The Morgan fingerprint density at radius 2 is 2.04 bits per heavy atom. The first kappa shape index (κ1) is 19.3. The maximum Gasteiger partial charge on any atom is 0.315 e. The minimum Gasteiger partial charge on any atom is -0.380 e. The molecular weight excluding hydrogens is 347 g/mol. The summed E-state index contributed by atoms with van der Waals surface area (Å²) in [4.78, 5) is 12.1. The van der Waals surface area contributed by atoms with E-state index < -0.39 is 0 Å². The summed E-state index contributed by atoms with van der Waals surface area (Å²) in [6.45, 7) is 1.77. The molecule has 0 saturated carbocycles. The fourth-order valence-corrected chi connectivity index (χ4v) is 3.33. The number of hydrogen-bond acceptors (Lipinski definition) is 3. The van der Waals surface area contributed by atoms with E-state index in [0.29, 0.717) is 25.3 Å². The van der Waals surface area contributed by atoms with Crippen LogP contribution in [0.1, 0.15) is 29.2 Å². The second kappa shape index (κ2) is 9.48. The SMILES string of the molecule is COCc1cc(CNC(=O)NC[C@@H]2CCO[C@H]2c2ccccc2)ccc1F. The lowest BCUT2D eigenvalue weighted by atomic mass is 9.95. The van der Waals surface area contributed by atoms with Crippen LogP contribution < -0.4 is 10.6 Å². The highest BCUT2D eigenvalue weighted by Crippen LogP contribution is 2.33. The second-order valence-corrected chi connectivity index (χ2v) is 6.67. The molecule has 1 aliphatic heterocycles. The maximum absolute atomic E-state index is 13.6. The first-order chi connectivity index (χ1) is 13.2. The fourth-order valence-electron chi connectivity index (χ4n) is 3.33.